The van der Waals surface area contributed by atoms with Crippen molar-refractivity contribution >= 4 is 0 Å². The lowest BCUT2D eigenvalue weighted by Gasteiger charge is -2.40. The molecule has 0 aromatic rings. The molecule has 0 saturated carbocycles. The SMILES string of the molecule is CC1=CC=C(N2CCN(C3CCOC3)CC2)CN1. The van der Waals surface area contributed by atoms with Gasteiger partial charge >= 0.3 is 0 Å². The van der Waals surface area contributed by atoms with Gasteiger partial charge < -0.3 is 15.0 Å². The van der Waals surface area contributed by atoms with Crippen molar-refractivity contribution in [3.05, 3.63) is 23.5 Å². The van der Waals surface area contributed by atoms with Gasteiger partial charge in [-0.1, -0.05) is 0 Å². The average molecular weight is 249 g/mol. The van der Waals surface area contributed by atoms with E-state index in [2.05, 4.69) is 34.2 Å². The molecule has 0 radical (unpaired) electrons. The van der Waals surface area contributed by atoms with Gasteiger partial charge in [0, 0.05) is 50.2 Å². The van der Waals surface area contributed by atoms with E-state index in [0.717, 1.165) is 32.8 Å². The molecule has 0 aliphatic carbocycles. The van der Waals surface area contributed by atoms with Crippen molar-refractivity contribution < 1.29 is 4.74 Å². The van der Waals surface area contributed by atoms with Crippen LogP contribution in [0.25, 0.3) is 0 Å². The lowest BCUT2D eigenvalue weighted by Crippen LogP contribution is -2.51. The normalized spacial score (nSPS) is 29.8. The minimum atomic E-state index is 0.674. The molecule has 1 unspecified atom stereocenters. The molecule has 100 valence electrons. The Morgan fingerprint density at radius 1 is 1.22 bits per heavy atom. The molecule has 2 fully saturated rings. The van der Waals surface area contributed by atoms with Gasteiger partial charge in [-0.2, -0.15) is 0 Å². The largest absolute Gasteiger partial charge is 0.383 e. The molecule has 0 aromatic carbocycles. The van der Waals surface area contributed by atoms with Gasteiger partial charge in [0.05, 0.1) is 13.2 Å². The highest BCUT2D eigenvalue weighted by molar-refractivity contribution is 5.22. The van der Waals surface area contributed by atoms with Gasteiger partial charge in [0.1, 0.15) is 0 Å². The van der Waals surface area contributed by atoms with E-state index < -0.39 is 0 Å². The zero-order chi connectivity index (χ0) is 12.4. The summed E-state index contributed by atoms with van der Waals surface area (Å²) in [5, 5.41) is 3.41. The Morgan fingerprint density at radius 2 is 2.06 bits per heavy atom. The fourth-order valence-corrected chi connectivity index (χ4v) is 2.97. The topological polar surface area (TPSA) is 27.7 Å². The van der Waals surface area contributed by atoms with E-state index >= 15 is 0 Å². The summed E-state index contributed by atoms with van der Waals surface area (Å²) >= 11 is 0. The fourth-order valence-electron chi connectivity index (χ4n) is 2.97. The second kappa shape index (κ2) is 5.33. The Morgan fingerprint density at radius 3 is 2.67 bits per heavy atom. The van der Waals surface area contributed by atoms with E-state index in [1.165, 1.54) is 30.9 Å². The maximum absolute atomic E-state index is 5.48. The van der Waals surface area contributed by atoms with Gasteiger partial charge in [-0.3, -0.25) is 4.90 Å². The second-order valence-electron chi connectivity index (χ2n) is 5.40. The molecule has 1 N–H and O–H groups in total. The van der Waals surface area contributed by atoms with Crippen LogP contribution < -0.4 is 5.32 Å². The van der Waals surface area contributed by atoms with Gasteiger partial charge in [-0.25, -0.2) is 0 Å². The summed E-state index contributed by atoms with van der Waals surface area (Å²) in [6.07, 6.45) is 5.66. The maximum atomic E-state index is 5.48. The number of hydrogen-bond acceptors (Lipinski definition) is 4. The quantitative estimate of drug-likeness (QED) is 0.783. The maximum Gasteiger partial charge on any atom is 0.0622 e. The summed E-state index contributed by atoms with van der Waals surface area (Å²) in [4.78, 5) is 5.11. The third-order valence-electron chi connectivity index (χ3n) is 4.22. The van der Waals surface area contributed by atoms with Crippen LogP contribution in [0.3, 0.4) is 0 Å². The molecule has 0 spiro atoms. The molecule has 2 saturated heterocycles. The Labute approximate surface area is 109 Å². The van der Waals surface area contributed by atoms with Crippen molar-refractivity contribution in [2.24, 2.45) is 0 Å². The molecule has 4 nitrogen and oxygen atoms in total. The first-order chi connectivity index (χ1) is 8.83. The summed E-state index contributed by atoms with van der Waals surface area (Å²) < 4.78 is 5.48. The summed E-state index contributed by atoms with van der Waals surface area (Å²) in [5.74, 6) is 0. The molecule has 0 bridgehead atoms. The standard InChI is InChI=1S/C14H23N3O/c1-12-2-3-13(10-15-12)16-5-7-17(8-6-16)14-4-9-18-11-14/h2-3,14-15H,4-11H2,1H3. The summed E-state index contributed by atoms with van der Waals surface area (Å²) in [6.45, 7) is 9.63. The third-order valence-corrected chi connectivity index (χ3v) is 4.22. The molecule has 3 heterocycles. The molecular weight excluding hydrogens is 226 g/mol. The van der Waals surface area contributed by atoms with E-state index in [0.29, 0.717) is 6.04 Å². The van der Waals surface area contributed by atoms with Crippen LogP contribution in [-0.4, -0.2) is 61.8 Å². The molecule has 3 rings (SSSR count). The lowest BCUT2D eigenvalue weighted by molar-refractivity contribution is 0.0981. The van der Waals surface area contributed by atoms with Crippen LogP contribution in [0.15, 0.2) is 23.5 Å². The van der Waals surface area contributed by atoms with E-state index in [-0.39, 0.29) is 0 Å². The van der Waals surface area contributed by atoms with Crippen LogP contribution in [0.1, 0.15) is 13.3 Å². The van der Waals surface area contributed by atoms with E-state index in [9.17, 15) is 0 Å². The molecular formula is C14H23N3O. The zero-order valence-electron chi connectivity index (χ0n) is 11.2. The van der Waals surface area contributed by atoms with Crippen LogP contribution in [0.5, 0.6) is 0 Å². The van der Waals surface area contributed by atoms with Crippen molar-refractivity contribution in [1.29, 1.82) is 0 Å². The predicted octanol–water partition coefficient (Wildman–Crippen LogP) is 0.784. The first-order valence-electron chi connectivity index (χ1n) is 7.01. The third kappa shape index (κ3) is 2.54. The van der Waals surface area contributed by atoms with E-state index in [1.807, 2.05) is 0 Å². The van der Waals surface area contributed by atoms with Crippen molar-refractivity contribution in [3.8, 4) is 0 Å². The first kappa shape index (κ1) is 12.1. The first-order valence-corrected chi connectivity index (χ1v) is 7.01. The molecule has 4 heteroatoms. The predicted molar refractivity (Wildman–Crippen MR) is 72.2 cm³/mol. The molecule has 18 heavy (non-hydrogen) atoms. The van der Waals surface area contributed by atoms with Gasteiger partial charge in [-0.15, -0.1) is 0 Å². The number of hydrogen-bond donors (Lipinski definition) is 1. The van der Waals surface area contributed by atoms with Crippen LogP contribution in [0, 0.1) is 0 Å². The van der Waals surface area contributed by atoms with Gasteiger partial charge in [0.15, 0.2) is 0 Å². The van der Waals surface area contributed by atoms with Crippen molar-refractivity contribution in [1.82, 2.24) is 15.1 Å². The Bertz CT molecular complexity index is 350. The Balaban J connectivity index is 1.53. The molecule has 0 amide bonds. The van der Waals surface area contributed by atoms with E-state index in [1.54, 1.807) is 0 Å². The van der Waals surface area contributed by atoms with Crippen molar-refractivity contribution in [2.45, 2.75) is 19.4 Å². The van der Waals surface area contributed by atoms with Crippen LogP contribution in [0.4, 0.5) is 0 Å². The smallest absolute Gasteiger partial charge is 0.0622 e. The average Bonchev–Trinajstić information content (AvgIpc) is 2.94. The number of dihydropyridines is 1. The zero-order valence-corrected chi connectivity index (χ0v) is 11.2. The lowest BCUT2D eigenvalue weighted by atomic mass is 10.1. The van der Waals surface area contributed by atoms with Crippen LogP contribution in [0.2, 0.25) is 0 Å². The fraction of sp³-hybridized carbons (Fsp3) is 0.714. The number of nitrogens with zero attached hydrogens (tertiary/aromatic N) is 2. The Hall–Kier alpha value is -1.00. The molecule has 0 aromatic heterocycles. The molecule has 3 aliphatic heterocycles. The number of rotatable bonds is 2. The second-order valence-corrected chi connectivity index (χ2v) is 5.40. The Kier molecular flexibility index (Phi) is 3.57. The van der Waals surface area contributed by atoms with Crippen LogP contribution in [-0.2, 0) is 4.74 Å². The van der Waals surface area contributed by atoms with E-state index in [4.69, 9.17) is 4.74 Å². The minimum Gasteiger partial charge on any atom is -0.383 e. The number of allylic oxidation sites excluding steroid dienone is 3. The van der Waals surface area contributed by atoms with Gasteiger partial charge in [-0.05, 0) is 25.5 Å². The van der Waals surface area contributed by atoms with Crippen molar-refractivity contribution in [2.75, 3.05) is 45.9 Å². The van der Waals surface area contributed by atoms with Crippen LogP contribution >= 0.6 is 0 Å². The van der Waals surface area contributed by atoms with Gasteiger partial charge in [0.25, 0.3) is 0 Å². The highest BCUT2D eigenvalue weighted by Crippen LogP contribution is 2.17. The number of ether oxygens (including phenoxy) is 1. The number of piperazine rings is 1. The molecule has 3 aliphatic rings. The molecule has 1 atom stereocenters. The monoisotopic (exact) mass is 249 g/mol. The van der Waals surface area contributed by atoms with Crippen molar-refractivity contribution in [3.63, 3.8) is 0 Å². The number of nitrogens with one attached hydrogen (secondary N) is 1. The van der Waals surface area contributed by atoms with Gasteiger partial charge in [0.2, 0.25) is 0 Å². The summed E-state index contributed by atoms with van der Waals surface area (Å²) in [6, 6.07) is 0.674. The summed E-state index contributed by atoms with van der Waals surface area (Å²) in [7, 11) is 0. The minimum absolute atomic E-state index is 0.674. The summed E-state index contributed by atoms with van der Waals surface area (Å²) in [5.41, 5.74) is 2.70. The highest BCUT2D eigenvalue weighted by Gasteiger charge is 2.27. The highest BCUT2D eigenvalue weighted by atomic mass is 16.5.